The van der Waals surface area contributed by atoms with Crippen LogP contribution >= 0.6 is 0 Å². The molecule has 0 unspecified atom stereocenters. The van der Waals surface area contributed by atoms with Crippen LogP contribution in [0.15, 0.2) is 48.8 Å². The van der Waals surface area contributed by atoms with Crippen molar-refractivity contribution in [2.24, 2.45) is 5.92 Å². The highest BCUT2D eigenvalue weighted by atomic mass is 16.8. The second-order valence-electron chi connectivity index (χ2n) is 13.4. The number of rotatable bonds is 11. The minimum atomic E-state index is -0.875. The van der Waals surface area contributed by atoms with Gasteiger partial charge in [-0.05, 0) is 65.2 Å². The quantitative estimate of drug-likeness (QED) is 0.266. The van der Waals surface area contributed by atoms with Crippen LogP contribution in [0.3, 0.4) is 0 Å². The third-order valence-electron chi connectivity index (χ3n) is 8.19. The van der Waals surface area contributed by atoms with Crippen molar-refractivity contribution in [2.45, 2.75) is 116 Å². The van der Waals surface area contributed by atoms with E-state index in [1.165, 1.54) is 6.33 Å². The molecule has 1 aromatic carbocycles. The lowest BCUT2D eigenvalue weighted by atomic mass is 9.97. The fourth-order valence-corrected chi connectivity index (χ4v) is 6.40. The molecule has 0 radical (unpaired) electrons. The number of carbonyl (C=O) groups is 2. The number of hydrogen-bond donors (Lipinski definition) is 1. The van der Waals surface area contributed by atoms with E-state index >= 15 is 0 Å². The summed E-state index contributed by atoms with van der Waals surface area (Å²) in [5, 5.41) is 7.61. The van der Waals surface area contributed by atoms with E-state index in [9.17, 15) is 9.59 Å². The molecule has 2 amide bonds. The summed E-state index contributed by atoms with van der Waals surface area (Å²) < 4.78 is 26.8. The van der Waals surface area contributed by atoms with Gasteiger partial charge in [-0.3, -0.25) is 9.69 Å². The zero-order valence-corrected chi connectivity index (χ0v) is 27.5. The standard InChI is InChI=1S/C34H47N5O6/c1-8-13-23(14-9-2)31(40)37-30-25-18-17-24(39(25)36-21-35-30)27-29-28(43-34(6,7)44-29)26(38(27)32(41)45-33(3,4)5)20-42-19-22-15-11-10-12-16-22/h10-12,15-18,21,23,26-29H,8-9,13-14,19-20H2,1-7H3,(H,35,36,37,40)/t26-,27+,28-,29+/m1/s1. The maximum absolute atomic E-state index is 14.0. The van der Waals surface area contributed by atoms with Gasteiger partial charge in [0.25, 0.3) is 0 Å². The summed E-state index contributed by atoms with van der Waals surface area (Å²) in [6, 6.07) is 12.5. The van der Waals surface area contributed by atoms with E-state index in [2.05, 4.69) is 29.2 Å². The van der Waals surface area contributed by atoms with Gasteiger partial charge in [-0.2, -0.15) is 5.10 Å². The minimum Gasteiger partial charge on any atom is -0.444 e. The summed E-state index contributed by atoms with van der Waals surface area (Å²) in [6.45, 7) is 14.0. The van der Waals surface area contributed by atoms with Gasteiger partial charge >= 0.3 is 6.09 Å². The van der Waals surface area contributed by atoms with Gasteiger partial charge in [0.2, 0.25) is 5.91 Å². The monoisotopic (exact) mass is 621 g/mol. The second-order valence-corrected chi connectivity index (χ2v) is 13.4. The van der Waals surface area contributed by atoms with Crippen molar-refractivity contribution >= 4 is 23.3 Å². The molecule has 0 bridgehead atoms. The van der Waals surface area contributed by atoms with Crippen molar-refractivity contribution in [2.75, 3.05) is 11.9 Å². The van der Waals surface area contributed by atoms with Crippen molar-refractivity contribution in [1.29, 1.82) is 0 Å². The van der Waals surface area contributed by atoms with Crippen LogP contribution in [-0.2, 0) is 30.3 Å². The van der Waals surface area contributed by atoms with Gasteiger partial charge in [-0.1, -0.05) is 57.0 Å². The fraction of sp³-hybridized carbons (Fsp3) is 0.588. The van der Waals surface area contributed by atoms with Crippen LogP contribution in [0.5, 0.6) is 0 Å². The SMILES string of the molecule is CCCC(CCC)C(=O)Nc1ncnn2c([C@H]3[C@@H]4OC(C)(C)O[C@@H]4[C@@H](COCc4ccccc4)N3C(=O)OC(C)(C)C)ccc12. The summed E-state index contributed by atoms with van der Waals surface area (Å²) in [7, 11) is 0. The number of likely N-dealkylation sites (tertiary alicyclic amines) is 1. The van der Waals surface area contributed by atoms with E-state index in [0.717, 1.165) is 31.2 Å². The van der Waals surface area contributed by atoms with Crippen LogP contribution in [0.2, 0.25) is 0 Å². The third kappa shape index (κ3) is 7.31. The Hall–Kier alpha value is -3.54. The van der Waals surface area contributed by atoms with Gasteiger partial charge in [0.1, 0.15) is 35.7 Å². The van der Waals surface area contributed by atoms with Crippen LogP contribution in [0.25, 0.3) is 5.52 Å². The first-order chi connectivity index (χ1) is 21.4. The number of nitrogens with zero attached hydrogens (tertiary/aromatic N) is 4. The van der Waals surface area contributed by atoms with Crippen molar-refractivity contribution in [1.82, 2.24) is 19.5 Å². The molecule has 2 fully saturated rings. The molecule has 1 N–H and O–H groups in total. The number of anilines is 1. The van der Waals surface area contributed by atoms with Crippen molar-refractivity contribution in [3.05, 3.63) is 60.0 Å². The highest BCUT2D eigenvalue weighted by molar-refractivity contribution is 5.95. The largest absolute Gasteiger partial charge is 0.444 e. The highest BCUT2D eigenvalue weighted by Gasteiger charge is 2.61. The van der Waals surface area contributed by atoms with E-state index in [-0.39, 0.29) is 18.4 Å². The number of aromatic nitrogens is 3. The zero-order valence-electron chi connectivity index (χ0n) is 27.5. The Balaban J connectivity index is 1.51. The molecule has 45 heavy (non-hydrogen) atoms. The lowest BCUT2D eigenvalue weighted by Gasteiger charge is -2.35. The summed E-state index contributed by atoms with van der Waals surface area (Å²) in [5.41, 5.74) is 1.61. The predicted octanol–water partition coefficient (Wildman–Crippen LogP) is 6.28. The topological polar surface area (TPSA) is 117 Å². The Morgan fingerprint density at radius 3 is 2.38 bits per heavy atom. The average molecular weight is 622 g/mol. The minimum absolute atomic E-state index is 0.0525. The fourth-order valence-electron chi connectivity index (χ4n) is 6.40. The van der Waals surface area contributed by atoms with Crippen LogP contribution in [0.4, 0.5) is 10.6 Å². The van der Waals surface area contributed by atoms with Crippen LogP contribution < -0.4 is 5.32 Å². The Labute approximate surface area is 265 Å². The molecule has 5 rings (SSSR count). The van der Waals surface area contributed by atoms with E-state index in [0.29, 0.717) is 23.6 Å². The molecule has 0 saturated carbocycles. The van der Waals surface area contributed by atoms with Gasteiger partial charge < -0.3 is 24.3 Å². The molecule has 4 heterocycles. The number of hydrogen-bond acceptors (Lipinski definition) is 8. The molecule has 244 valence electrons. The smallest absolute Gasteiger partial charge is 0.411 e. The van der Waals surface area contributed by atoms with Gasteiger partial charge in [-0.25, -0.2) is 14.3 Å². The lowest BCUT2D eigenvalue weighted by Crippen LogP contribution is -2.47. The summed E-state index contributed by atoms with van der Waals surface area (Å²) in [4.78, 5) is 33.3. The Morgan fingerprint density at radius 2 is 1.71 bits per heavy atom. The maximum Gasteiger partial charge on any atom is 0.411 e. The third-order valence-corrected chi connectivity index (χ3v) is 8.19. The number of amides is 2. The average Bonchev–Trinajstić information content (AvgIpc) is 3.62. The van der Waals surface area contributed by atoms with Gasteiger partial charge in [-0.15, -0.1) is 0 Å². The van der Waals surface area contributed by atoms with Gasteiger partial charge in [0.15, 0.2) is 11.6 Å². The van der Waals surface area contributed by atoms with E-state index in [4.69, 9.17) is 18.9 Å². The van der Waals surface area contributed by atoms with E-state index < -0.39 is 41.8 Å². The number of fused-ring (bicyclic) bond motifs is 2. The van der Waals surface area contributed by atoms with Crippen molar-refractivity contribution < 1.29 is 28.5 Å². The Morgan fingerprint density at radius 1 is 1.02 bits per heavy atom. The van der Waals surface area contributed by atoms with Gasteiger partial charge in [0.05, 0.1) is 24.9 Å². The summed E-state index contributed by atoms with van der Waals surface area (Å²) in [6.07, 6.45) is 3.37. The predicted molar refractivity (Wildman–Crippen MR) is 169 cm³/mol. The molecule has 0 aliphatic carbocycles. The number of nitrogens with one attached hydrogen (secondary N) is 1. The number of benzene rings is 1. The van der Waals surface area contributed by atoms with E-state index in [1.54, 1.807) is 9.42 Å². The molecule has 3 aromatic rings. The summed E-state index contributed by atoms with van der Waals surface area (Å²) >= 11 is 0. The van der Waals surface area contributed by atoms with E-state index in [1.807, 2.05) is 77.1 Å². The molecule has 0 spiro atoms. The first-order valence-corrected chi connectivity index (χ1v) is 16.0. The molecular formula is C34H47N5O6. The first-order valence-electron chi connectivity index (χ1n) is 16.0. The number of carbonyl (C=O) groups excluding carboxylic acids is 2. The molecule has 2 saturated heterocycles. The van der Waals surface area contributed by atoms with Crippen molar-refractivity contribution in [3.8, 4) is 0 Å². The Kier molecular flexibility index (Phi) is 9.81. The molecule has 11 nitrogen and oxygen atoms in total. The highest BCUT2D eigenvalue weighted by Crippen LogP contribution is 2.48. The summed E-state index contributed by atoms with van der Waals surface area (Å²) in [5.74, 6) is -0.600. The Bertz CT molecular complexity index is 1460. The van der Waals surface area contributed by atoms with Gasteiger partial charge in [0, 0.05) is 5.92 Å². The van der Waals surface area contributed by atoms with Crippen LogP contribution in [0.1, 0.15) is 91.4 Å². The zero-order chi connectivity index (χ0) is 32.4. The maximum atomic E-state index is 14.0. The normalized spacial score (nSPS) is 22.6. The molecule has 11 heteroatoms. The van der Waals surface area contributed by atoms with Crippen LogP contribution in [-0.4, -0.2) is 67.7 Å². The molecule has 2 aliphatic heterocycles. The molecule has 2 aliphatic rings. The van der Waals surface area contributed by atoms with Crippen molar-refractivity contribution in [3.63, 3.8) is 0 Å². The lowest BCUT2D eigenvalue weighted by molar-refractivity contribution is -0.170. The molecule has 2 aromatic heterocycles. The molecule has 4 atom stereocenters. The second kappa shape index (κ2) is 13.4. The first kappa shape index (κ1) is 32.8. The molecular weight excluding hydrogens is 574 g/mol. The number of ether oxygens (including phenoxy) is 4. The van der Waals surface area contributed by atoms with Crippen LogP contribution in [0, 0.1) is 5.92 Å².